The largest absolute Gasteiger partial charge is 0.477 e. The molecule has 0 fully saturated rings. The summed E-state index contributed by atoms with van der Waals surface area (Å²) in [6.07, 6.45) is -5.20. The molecule has 0 aliphatic carbocycles. The quantitative estimate of drug-likeness (QED) is 0.822. The maximum absolute atomic E-state index is 11.7. The van der Waals surface area contributed by atoms with E-state index in [2.05, 4.69) is 4.98 Å². The van der Waals surface area contributed by atoms with E-state index in [9.17, 15) is 13.2 Å². The van der Waals surface area contributed by atoms with Gasteiger partial charge in [-0.25, -0.2) is 0 Å². The molecule has 1 rings (SSSR count). The SMILES string of the molecule is Nc1cccc(OCCC(F)(F)F)n1. The van der Waals surface area contributed by atoms with Gasteiger partial charge in [0, 0.05) is 6.07 Å². The van der Waals surface area contributed by atoms with E-state index < -0.39 is 19.2 Å². The van der Waals surface area contributed by atoms with Gasteiger partial charge in [0.2, 0.25) is 5.88 Å². The summed E-state index contributed by atoms with van der Waals surface area (Å²) in [5.74, 6) is 0.323. The topological polar surface area (TPSA) is 48.1 Å². The molecule has 0 saturated heterocycles. The van der Waals surface area contributed by atoms with E-state index in [-0.39, 0.29) is 11.7 Å². The Bertz CT molecular complexity index is 301. The van der Waals surface area contributed by atoms with E-state index in [1.807, 2.05) is 0 Å². The second-order valence-electron chi connectivity index (χ2n) is 2.61. The first-order valence-corrected chi connectivity index (χ1v) is 3.89. The van der Waals surface area contributed by atoms with Gasteiger partial charge in [0.1, 0.15) is 5.82 Å². The number of hydrogen-bond acceptors (Lipinski definition) is 3. The standard InChI is InChI=1S/C8H9F3N2O/c9-8(10,11)4-5-14-7-3-1-2-6(12)13-7/h1-3H,4-5H2,(H2,12,13). The Labute approximate surface area is 78.7 Å². The fourth-order valence-electron chi connectivity index (χ4n) is 0.783. The highest BCUT2D eigenvalue weighted by atomic mass is 19.4. The van der Waals surface area contributed by atoms with Crippen molar-refractivity contribution in [3.63, 3.8) is 0 Å². The van der Waals surface area contributed by atoms with Crippen LogP contribution in [0, 0.1) is 0 Å². The molecule has 0 bridgehead atoms. The molecule has 1 aromatic heterocycles. The van der Waals surface area contributed by atoms with Crippen molar-refractivity contribution in [2.24, 2.45) is 0 Å². The van der Waals surface area contributed by atoms with Crippen LogP contribution in [0.5, 0.6) is 5.88 Å². The predicted octanol–water partition coefficient (Wildman–Crippen LogP) is 1.99. The molecule has 0 aliphatic heterocycles. The number of anilines is 1. The number of hydrogen-bond donors (Lipinski definition) is 1. The molecule has 0 spiro atoms. The van der Waals surface area contributed by atoms with Crippen LogP contribution < -0.4 is 10.5 Å². The Morgan fingerprint density at radius 3 is 2.64 bits per heavy atom. The minimum absolute atomic E-state index is 0.106. The Morgan fingerprint density at radius 2 is 2.07 bits per heavy atom. The number of nitrogens with two attached hydrogens (primary N) is 1. The second-order valence-corrected chi connectivity index (χ2v) is 2.61. The van der Waals surface area contributed by atoms with Crippen LogP contribution in [-0.4, -0.2) is 17.8 Å². The summed E-state index contributed by atoms with van der Waals surface area (Å²) in [6, 6.07) is 4.54. The summed E-state index contributed by atoms with van der Waals surface area (Å²) in [7, 11) is 0. The summed E-state index contributed by atoms with van der Waals surface area (Å²) in [4.78, 5) is 3.68. The lowest BCUT2D eigenvalue weighted by atomic mass is 10.4. The molecule has 0 aromatic carbocycles. The zero-order valence-electron chi connectivity index (χ0n) is 7.21. The van der Waals surface area contributed by atoms with Crippen LogP contribution in [-0.2, 0) is 0 Å². The molecule has 3 nitrogen and oxygen atoms in total. The molecule has 0 saturated carbocycles. The van der Waals surface area contributed by atoms with Crippen LogP contribution >= 0.6 is 0 Å². The highest BCUT2D eigenvalue weighted by molar-refractivity contribution is 5.30. The van der Waals surface area contributed by atoms with Crippen LogP contribution in [0.2, 0.25) is 0 Å². The van der Waals surface area contributed by atoms with Crippen LogP contribution in [0.4, 0.5) is 19.0 Å². The van der Waals surface area contributed by atoms with E-state index in [1.165, 1.54) is 12.1 Å². The highest BCUT2D eigenvalue weighted by Crippen LogP contribution is 2.19. The minimum Gasteiger partial charge on any atom is -0.477 e. The summed E-state index contributed by atoms with van der Waals surface area (Å²) >= 11 is 0. The number of aromatic nitrogens is 1. The number of pyridine rings is 1. The molecule has 0 aliphatic rings. The third-order valence-electron chi connectivity index (χ3n) is 1.38. The number of ether oxygens (including phenoxy) is 1. The minimum atomic E-state index is -4.21. The van der Waals surface area contributed by atoms with Crippen molar-refractivity contribution in [2.45, 2.75) is 12.6 Å². The smallest absolute Gasteiger partial charge is 0.392 e. The number of rotatable bonds is 3. The van der Waals surface area contributed by atoms with Gasteiger partial charge < -0.3 is 10.5 Å². The normalized spacial score (nSPS) is 11.4. The Morgan fingerprint density at radius 1 is 1.36 bits per heavy atom. The van der Waals surface area contributed by atoms with Gasteiger partial charge in [-0.3, -0.25) is 0 Å². The molecule has 0 atom stereocenters. The van der Waals surface area contributed by atoms with E-state index in [0.717, 1.165) is 0 Å². The first kappa shape index (κ1) is 10.6. The molecule has 0 unspecified atom stereocenters. The zero-order chi connectivity index (χ0) is 10.6. The third kappa shape index (κ3) is 3.97. The van der Waals surface area contributed by atoms with E-state index in [4.69, 9.17) is 10.5 Å². The number of alkyl halides is 3. The second kappa shape index (κ2) is 4.17. The van der Waals surface area contributed by atoms with Crippen molar-refractivity contribution in [2.75, 3.05) is 12.3 Å². The lowest BCUT2D eigenvalue weighted by Gasteiger charge is -2.07. The molecular weight excluding hydrogens is 197 g/mol. The average Bonchev–Trinajstić information content (AvgIpc) is 2.01. The lowest BCUT2D eigenvalue weighted by Crippen LogP contribution is -2.13. The van der Waals surface area contributed by atoms with Crippen molar-refractivity contribution in [1.82, 2.24) is 4.98 Å². The van der Waals surface area contributed by atoms with Gasteiger partial charge in [-0.1, -0.05) is 6.07 Å². The molecule has 78 valence electrons. The summed E-state index contributed by atoms with van der Waals surface area (Å²) in [5.41, 5.74) is 5.30. The third-order valence-corrected chi connectivity index (χ3v) is 1.38. The molecule has 1 aromatic rings. The monoisotopic (exact) mass is 206 g/mol. The van der Waals surface area contributed by atoms with Crippen molar-refractivity contribution in [1.29, 1.82) is 0 Å². The first-order chi connectivity index (χ1) is 6.47. The average molecular weight is 206 g/mol. The Hall–Kier alpha value is -1.46. The molecule has 2 N–H and O–H groups in total. The van der Waals surface area contributed by atoms with E-state index >= 15 is 0 Å². The maximum atomic E-state index is 11.7. The molecular formula is C8H9F3N2O. The number of halogens is 3. The van der Waals surface area contributed by atoms with Gasteiger partial charge in [-0.15, -0.1) is 0 Å². The predicted molar refractivity (Wildman–Crippen MR) is 44.8 cm³/mol. The van der Waals surface area contributed by atoms with Gasteiger partial charge in [-0.2, -0.15) is 18.2 Å². The Kier molecular flexibility index (Phi) is 3.16. The lowest BCUT2D eigenvalue weighted by molar-refractivity contribution is -0.139. The van der Waals surface area contributed by atoms with Gasteiger partial charge >= 0.3 is 6.18 Å². The van der Waals surface area contributed by atoms with E-state index in [1.54, 1.807) is 6.07 Å². The van der Waals surface area contributed by atoms with Crippen LogP contribution in [0.1, 0.15) is 6.42 Å². The van der Waals surface area contributed by atoms with Crippen LogP contribution in [0.25, 0.3) is 0 Å². The molecule has 14 heavy (non-hydrogen) atoms. The molecule has 0 amide bonds. The highest BCUT2D eigenvalue weighted by Gasteiger charge is 2.26. The Balaban J connectivity index is 2.39. The van der Waals surface area contributed by atoms with E-state index in [0.29, 0.717) is 0 Å². The zero-order valence-corrected chi connectivity index (χ0v) is 7.21. The first-order valence-electron chi connectivity index (χ1n) is 3.89. The van der Waals surface area contributed by atoms with Gasteiger partial charge in [0.25, 0.3) is 0 Å². The molecule has 0 radical (unpaired) electrons. The molecule has 1 heterocycles. The van der Waals surface area contributed by atoms with Gasteiger partial charge in [0.15, 0.2) is 0 Å². The van der Waals surface area contributed by atoms with Crippen LogP contribution in [0.3, 0.4) is 0 Å². The van der Waals surface area contributed by atoms with Crippen molar-refractivity contribution < 1.29 is 17.9 Å². The van der Waals surface area contributed by atoms with Crippen molar-refractivity contribution in [3.05, 3.63) is 18.2 Å². The summed E-state index contributed by atoms with van der Waals surface area (Å²) in [6.45, 7) is -0.444. The summed E-state index contributed by atoms with van der Waals surface area (Å²) in [5, 5.41) is 0. The fourth-order valence-corrected chi connectivity index (χ4v) is 0.783. The van der Waals surface area contributed by atoms with Gasteiger partial charge in [-0.05, 0) is 6.07 Å². The number of nitrogen functional groups attached to an aromatic ring is 1. The number of nitrogens with zero attached hydrogens (tertiary/aromatic N) is 1. The maximum Gasteiger partial charge on any atom is 0.392 e. The fraction of sp³-hybridized carbons (Fsp3) is 0.375. The van der Waals surface area contributed by atoms with Crippen molar-refractivity contribution >= 4 is 5.82 Å². The molecule has 6 heteroatoms. The van der Waals surface area contributed by atoms with Crippen molar-refractivity contribution in [3.8, 4) is 5.88 Å². The van der Waals surface area contributed by atoms with Crippen LogP contribution in [0.15, 0.2) is 18.2 Å². The summed E-state index contributed by atoms with van der Waals surface area (Å²) < 4.78 is 39.9. The van der Waals surface area contributed by atoms with Gasteiger partial charge in [0.05, 0.1) is 13.0 Å².